The van der Waals surface area contributed by atoms with Crippen LogP contribution < -0.4 is 0 Å². The molecule has 0 amide bonds. The minimum atomic E-state index is -4.64. The number of phosphoric acid groups is 1. The van der Waals surface area contributed by atoms with E-state index in [4.69, 9.17) is 29.5 Å². The third-order valence-electron chi connectivity index (χ3n) is 1.77. The van der Waals surface area contributed by atoms with E-state index in [2.05, 4.69) is 9.97 Å². The van der Waals surface area contributed by atoms with Crippen molar-refractivity contribution in [2.45, 2.75) is 0 Å². The van der Waals surface area contributed by atoms with Gasteiger partial charge in [0.05, 0.1) is 0 Å². The third-order valence-corrected chi connectivity index (χ3v) is 1.77. The fourth-order valence-electron chi connectivity index (χ4n) is 0.979. The minimum Gasteiger partial charge on any atom is -0.477 e. The van der Waals surface area contributed by atoms with Crippen LogP contribution in [-0.4, -0.2) is 46.8 Å². The first kappa shape index (κ1) is 20.3. The molecule has 0 bridgehead atoms. The van der Waals surface area contributed by atoms with Crippen LogP contribution in [0.3, 0.4) is 0 Å². The van der Waals surface area contributed by atoms with E-state index in [0.717, 1.165) is 0 Å². The minimum absolute atomic E-state index is 0.0810. The number of hydrogen-bond acceptors (Lipinski definition) is 5. The molecule has 2 rings (SSSR count). The maximum Gasteiger partial charge on any atom is 0.466 e. The molecule has 0 radical (unpaired) electrons. The van der Waals surface area contributed by atoms with Crippen molar-refractivity contribution in [1.82, 2.24) is 9.97 Å². The summed E-state index contributed by atoms with van der Waals surface area (Å²) in [4.78, 5) is 49.0. The Morgan fingerprint density at radius 1 is 0.783 bits per heavy atom. The number of nitrogens with zero attached hydrogens (tertiary/aromatic N) is 2. The molecule has 0 unspecified atom stereocenters. The summed E-state index contributed by atoms with van der Waals surface area (Å²) in [6, 6.07) is 9.51. The molecule has 0 spiro atoms. The van der Waals surface area contributed by atoms with E-state index >= 15 is 0 Å². The smallest absolute Gasteiger partial charge is 0.466 e. The zero-order valence-electron chi connectivity index (χ0n) is 11.4. The normalized spacial score (nSPS) is 9.52. The average Bonchev–Trinajstić information content (AvgIpc) is 2.48. The molecule has 0 aliphatic heterocycles. The van der Waals surface area contributed by atoms with Gasteiger partial charge in [0.1, 0.15) is 11.4 Å². The molecule has 23 heavy (non-hydrogen) atoms. The van der Waals surface area contributed by atoms with E-state index in [1.54, 1.807) is 24.3 Å². The number of rotatable bonds is 2. The van der Waals surface area contributed by atoms with Gasteiger partial charge in [0.25, 0.3) is 0 Å². The van der Waals surface area contributed by atoms with Crippen molar-refractivity contribution >= 4 is 19.8 Å². The van der Waals surface area contributed by atoms with Crippen molar-refractivity contribution in [3.05, 3.63) is 60.2 Å². The van der Waals surface area contributed by atoms with Crippen molar-refractivity contribution in [2.75, 3.05) is 0 Å². The van der Waals surface area contributed by atoms with Crippen molar-refractivity contribution in [3.8, 4) is 0 Å². The van der Waals surface area contributed by atoms with Crippen molar-refractivity contribution in [2.24, 2.45) is 0 Å². The Bertz CT molecular complexity index is 602. The molecular formula is C12H13N2O8P. The van der Waals surface area contributed by atoms with Gasteiger partial charge in [-0.2, -0.15) is 0 Å². The number of carboxylic acid groups (broad SMARTS) is 2. The van der Waals surface area contributed by atoms with Crippen molar-refractivity contribution in [1.29, 1.82) is 0 Å². The van der Waals surface area contributed by atoms with Crippen LogP contribution in [0, 0.1) is 0 Å². The SMILES string of the molecule is O=C(O)c1ccccn1.O=C(O)c1ccccn1.O=P(O)(O)O. The lowest BCUT2D eigenvalue weighted by atomic mass is 10.4. The second-order valence-electron chi connectivity index (χ2n) is 3.55. The van der Waals surface area contributed by atoms with Gasteiger partial charge in [-0.05, 0) is 24.3 Å². The highest BCUT2D eigenvalue weighted by Gasteiger charge is 2.00. The van der Waals surface area contributed by atoms with Crippen LogP contribution in [0.25, 0.3) is 0 Å². The molecule has 0 aromatic carbocycles. The van der Waals surface area contributed by atoms with Crippen LogP contribution in [0.1, 0.15) is 21.0 Å². The number of pyridine rings is 2. The predicted molar refractivity (Wildman–Crippen MR) is 76.7 cm³/mol. The highest BCUT2D eigenvalue weighted by atomic mass is 31.2. The summed E-state index contributed by atoms with van der Waals surface area (Å²) in [5.41, 5.74) is 0.162. The Labute approximate surface area is 130 Å². The molecule has 10 nitrogen and oxygen atoms in total. The molecule has 0 saturated carbocycles. The summed E-state index contributed by atoms with van der Waals surface area (Å²) in [6.07, 6.45) is 2.90. The van der Waals surface area contributed by atoms with Gasteiger partial charge in [0, 0.05) is 12.4 Å². The molecule has 0 aliphatic carbocycles. The van der Waals surface area contributed by atoms with Gasteiger partial charge in [0.15, 0.2) is 0 Å². The first-order chi connectivity index (χ1) is 10.6. The Morgan fingerprint density at radius 2 is 1.09 bits per heavy atom. The van der Waals surface area contributed by atoms with Crippen molar-refractivity contribution < 1.29 is 39.0 Å². The Kier molecular flexibility index (Phi) is 8.97. The number of aromatic carboxylic acids is 2. The second kappa shape index (κ2) is 10.1. The molecule has 0 atom stereocenters. The average molecular weight is 344 g/mol. The Morgan fingerprint density at radius 3 is 1.22 bits per heavy atom. The van der Waals surface area contributed by atoms with E-state index in [1.807, 2.05) is 0 Å². The molecule has 124 valence electrons. The van der Waals surface area contributed by atoms with Crippen LogP contribution in [0.4, 0.5) is 0 Å². The Balaban J connectivity index is 0.000000332. The predicted octanol–water partition coefficient (Wildman–Crippen LogP) is 0.631. The maximum atomic E-state index is 10.1. The summed E-state index contributed by atoms with van der Waals surface area (Å²) >= 11 is 0. The number of carboxylic acids is 2. The largest absolute Gasteiger partial charge is 0.477 e. The standard InChI is InChI=1S/2C6H5NO2.H3O4P/c2*8-6(9)5-3-1-2-4-7-5;1-5(2,3)4/h2*1-4H,(H,8,9);(H3,1,2,3,4). The zero-order chi connectivity index (χ0) is 17.9. The summed E-state index contributed by atoms with van der Waals surface area (Å²) < 4.78 is 8.88. The summed E-state index contributed by atoms with van der Waals surface area (Å²) in [6.45, 7) is 0. The maximum absolute atomic E-state index is 10.1. The number of carbonyl (C=O) groups is 2. The molecule has 0 aliphatic rings. The molecule has 2 heterocycles. The van der Waals surface area contributed by atoms with E-state index < -0.39 is 19.8 Å². The van der Waals surface area contributed by atoms with Gasteiger partial charge < -0.3 is 24.9 Å². The zero-order valence-corrected chi connectivity index (χ0v) is 12.3. The van der Waals surface area contributed by atoms with Crippen LogP contribution in [0.2, 0.25) is 0 Å². The molecule has 0 saturated heterocycles. The van der Waals surface area contributed by atoms with Crippen LogP contribution >= 0.6 is 7.82 Å². The van der Waals surface area contributed by atoms with E-state index in [0.29, 0.717) is 0 Å². The monoisotopic (exact) mass is 344 g/mol. The lowest BCUT2D eigenvalue weighted by Crippen LogP contribution is -1.97. The Hall–Kier alpha value is -2.65. The molecule has 11 heteroatoms. The molecular weight excluding hydrogens is 331 g/mol. The summed E-state index contributed by atoms with van der Waals surface area (Å²) in [5.74, 6) is -1.98. The lowest BCUT2D eigenvalue weighted by Gasteiger charge is -1.87. The van der Waals surface area contributed by atoms with Gasteiger partial charge >= 0.3 is 19.8 Å². The third kappa shape index (κ3) is 12.8. The van der Waals surface area contributed by atoms with Crippen LogP contribution in [-0.2, 0) is 4.57 Å². The first-order valence-corrected chi connectivity index (χ1v) is 7.24. The van der Waals surface area contributed by atoms with Crippen LogP contribution in [0.5, 0.6) is 0 Å². The quantitative estimate of drug-likeness (QED) is 0.485. The topological polar surface area (TPSA) is 178 Å². The van der Waals surface area contributed by atoms with E-state index in [-0.39, 0.29) is 11.4 Å². The molecule has 2 aromatic heterocycles. The summed E-state index contributed by atoms with van der Waals surface area (Å²) in [7, 11) is -4.64. The molecule has 0 fully saturated rings. The fourth-order valence-corrected chi connectivity index (χ4v) is 0.979. The van der Waals surface area contributed by atoms with Crippen molar-refractivity contribution in [3.63, 3.8) is 0 Å². The highest BCUT2D eigenvalue weighted by molar-refractivity contribution is 7.45. The second-order valence-corrected chi connectivity index (χ2v) is 4.58. The van der Waals surface area contributed by atoms with Gasteiger partial charge in [-0.15, -0.1) is 0 Å². The summed E-state index contributed by atoms with van der Waals surface area (Å²) in [5, 5.41) is 16.6. The lowest BCUT2D eigenvalue weighted by molar-refractivity contribution is 0.0680. The van der Waals surface area contributed by atoms with Gasteiger partial charge in [-0.25, -0.2) is 24.1 Å². The number of aromatic nitrogens is 2. The van der Waals surface area contributed by atoms with E-state index in [9.17, 15) is 9.59 Å². The highest BCUT2D eigenvalue weighted by Crippen LogP contribution is 2.25. The van der Waals surface area contributed by atoms with Crippen LogP contribution in [0.15, 0.2) is 48.8 Å². The molecule has 5 N–H and O–H groups in total. The van der Waals surface area contributed by atoms with E-state index in [1.165, 1.54) is 24.5 Å². The first-order valence-electron chi connectivity index (χ1n) is 5.68. The number of hydrogen-bond donors (Lipinski definition) is 5. The molecule has 2 aromatic rings. The van der Waals surface area contributed by atoms with Gasteiger partial charge in [0.2, 0.25) is 0 Å². The fraction of sp³-hybridized carbons (Fsp3) is 0. The van der Waals surface area contributed by atoms with Gasteiger partial charge in [-0.3, -0.25) is 0 Å². The van der Waals surface area contributed by atoms with Gasteiger partial charge in [-0.1, -0.05) is 12.1 Å².